The topological polar surface area (TPSA) is 32.3 Å². The number of rotatable bonds is 1. The van der Waals surface area contributed by atoms with Crippen molar-refractivity contribution in [1.29, 1.82) is 0 Å². The number of nitrogens with one attached hydrogen (secondary N) is 1. The van der Waals surface area contributed by atoms with E-state index in [2.05, 4.69) is 27.3 Å². The van der Waals surface area contributed by atoms with Crippen LogP contribution in [0.15, 0.2) is 22.7 Å². The van der Waals surface area contributed by atoms with Crippen LogP contribution >= 0.6 is 15.9 Å². The molecule has 2 N–H and O–H groups in total. The lowest BCUT2D eigenvalue weighted by atomic mass is 9.99. The molecule has 0 spiro atoms. The maximum Gasteiger partial charge on any atom is 0.0632 e. The number of hydrogen-bond donors (Lipinski definition) is 2. The standard InChI is InChI=1S/C10H12BrNO/c11-9-3-1-2-7-4-5-8(6-13)12-10(7)9/h1-3,8,12-13H,4-6H2/t8-/m1/s1. The molecule has 0 saturated heterocycles. The zero-order valence-electron chi connectivity index (χ0n) is 7.26. The Balaban J connectivity index is 2.32. The average molecular weight is 242 g/mol. The molecule has 0 unspecified atom stereocenters. The minimum atomic E-state index is 0.209. The summed E-state index contributed by atoms with van der Waals surface area (Å²) in [5.41, 5.74) is 2.48. The van der Waals surface area contributed by atoms with Crippen LogP contribution in [-0.4, -0.2) is 17.8 Å². The summed E-state index contributed by atoms with van der Waals surface area (Å²) in [5.74, 6) is 0. The third kappa shape index (κ3) is 1.71. The summed E-state index contributed by atoms with van der Waals surface area (Å²) < 4.78 is 1.09. The van der Waals surface area contributed by atoms with Crippen molar-refractivity contribution >= 4 is 21.6 Å². The predicted octanol–water partition coefficient (Wildman–Crippen LogP) is 2.17. The van der Waals surface area contributed by atoms with Crippen LogP contribution in [0.25, 0.3) is 0 Å². The number of aryl methyl sites for hydroxylation is 1. The fourth-order valence-corrected chi connectivity index (χ4v) is 2.20. The van der Waals surface area contributed by atoms with Gasteiger partial charge in [0.15, 0.2) is 0 Å². The number of halogens is 1. The highest BCUT2D eigenvalue weighted by Crippen LogP contribution is 2.31. The van der Waals surface area contributed by atoms with Crippen molar-refractivity contribution in [3.63, 3.8) is 0 Å². The second kappa shape index (κ2) is 3.68. The van der Waals surface area contributed by atoms with Gasteiger partial charge in [-0.05, 0) is 40.4 Å². The molecule has 1 atom stereocenters. The van der Waals surface area contributed by atoms with Crippen molar-refractivity contribution in [1.82, 2.24) is 0 Å². The average Bonchev–Trinajstić information content (AvgIpc) is 2.18. The van der Waals surface area contributed by atoms with E-state index >= 15 is 0 Å². The Morgan fingerprint density at radius 2 is 2.38 bits per heavy atom. The Labute approximate surface area is 86.1 Å². The van der Waals surface area contributed by atoms with Crippen molar-refractivity contribution in [3.05, 3.63) is 28.2 Å². The van der Waals surface area contributed by atoms with Gasteiger partial charge in [-0.25, -0.2) is 0 Å². The summed E-state index contributed by atoms with van der Waals surface area (Å²) in [6.45, 7) is 0.209. The van der Waals surface area contributed by atoms with Crippen LogP contribution in [-0.2, 0) is 6.42 Å². The van der Waals surface area contributed by atoms with E-state index in [9.17, 15) is 0 Å². The van der Waals surface area contributed by atoms with Crippen LogP contribution in [0.4, 0.5) is 5.69 Å². The van der Waals surface area contributed by atoms with E-state index in [0.717, 1.165) is 23.0 Å². The molecule has 1 aromatic carbocycles. The number of aliphatic hydroxyl groups is 1. The molecule has 0 aliphatic carbocycles. The van der Waals surface area contributed by atoms with Crippen LogP contribution in [0.5, 0.6) is 0 Å². The molecule has 13 heavy (non-hydrogen) atoms. The number of fused-ring (bicyclic) bond motifs is 1. The van der Waals surface area contributed by atoms with Gasteiger partial charge in [0.25, 0.3) is 0 Å². The fourth-order valence-electron chi connectivity index (χ4n) is 1.68. The van der Waals surface area contributed by atoms with Crippen molar-refractivity contribution in [2.24, 2.45) is 0 Å². The monoisotopic (exact) mass is 241 g/mol. The summed E-state index contributed by atoms with van der Waals surface area (Å²) in [6.07, 6.45) is 2.06. The lowest BCUT2D eigenvalue weighted by Gasteiger charge is -2.26. The normalized spacial score (nSPS) is 20.6. The van der Waals surface area contributed by atoms with Crippen molar-refractivity contribution in [2.75, 3.05) is 11.9 Å². The van der Waals surface area contributed by atoms with E-state index in [1.54, 1.807) is 0 Å². The third-order valence-electron chi connectivity index (χ3n) is 2.43. The van der Waals surface area contributed by atoms with Gasteiger partial charge in [0, 0.05) is 10.5 Å². The number of para-hydroxylation sites is 1. The van der Waals surface area contributed by atoms with Gasteiger partial charge in [0.05, 0.1) is 12.3 Å². The smallest absolute Gasteiger partial charge is 0.0632 e. The van der Waals surface area contributed by atoms with E-state index in [1.807, 2.05) is 12.1 Å². The van der Waals surface area contributed by atoms with Gasteiger partial charge < -0.3 is 10.4 Å². The Morgan fingerprint density at radius 3 is 3.15 bits per heavy atom. The molecule has 0 aromatic heterocycles. The van der Waals surface area contributed by atoms with Gasteiger partial charge in [-0.3, -0.25) is 0 Å². The zero-order chi connectivity index (χ0) is 9.26. The summed E-state index contributed by atoms with van der Waals surface area (Å²) in [5, 5.41) is 12.3. The molecule has 2 rings (SSSR count). The summed E-state index contributed by atoms with van der Waals surface area (Å²) in [7, 11) is 0. The van der Waals surface area contributed by atoms with E-state index in [4.69, 9.17) is 5.11 Å². The number of hydrogen-bond acceptors (Lipinski definition) is 2. The maximum absolute atomic E-state index is 9.03. The molecule has 0 amide bonds. The molecule has 2 nitrogen and oxygen atoms in total. The lowest BCUT2D eigenvalue weighted by Crippen LogP contribution is -2.28. The van der Waals surface area contributed by atoms with Gasteiger partial charge >= 0.3 is 0 Å². The van der Waals surface area contributed by atoms with Crippen LogP contribution in [0.1, 0.15) is 12.0 Å². The molecular weight excluding hydrogens is 230 g/mol. The van der Waals surface area contributed by atoms with E-state index < -0.39 is 0 Å². The van der Waals surface area contributed by atoms with Gasteiger partial charge in [-0.2, -0.15) is 0 Å². The summed E-state index contributed by atoms with van der Waals surface area (Å²) in [4.78, 5) is 0. The second-order valence-corrected chi connectivity index (χ2v) is 4.19. The summed E-state index contributed by atoms with van der Waals surface area (Å²) >= 11 is 3.49. The molecule has 0 radical (unpaired) electrons. The number of aliphatic hydroxyl groups excluding tert-OH is 1. The third-order valence-corrected chi connectivity index (χ3v) is 3.09. The predicted molar refractivity (Wildman–Crippen MR) is 57.0 cm³/mol. The molecule has 70 valence electrons. The molecule has 1 aliphatic rings. The molecule has 0 bridgehead atoms. The molecule has 1 aliphatic heterocycles. The van der Waals surface area contributed by atoms with Gasteiger partial charge in [0.1, 0.15) is 0 Å². The Hall–Kier alpha value is -0.540. The minimum Gasteiger partial charge on any atom is -0.394 e. The van der Waals surface area contributed by atoms with Crippen LogP contribution in [0, 0.1) is 0 Å². The van der Waals surface area contributed by atoms with Crippen LogP contribution < -0.4 is 5.32 Å². The number of anilines is 1. The first-order chi connectivity index (χ1) is 6.31. The minimum absolute atomic E-state index is 0.209. The highest BCUT2D eigenvalue weighted by atomic mass is 79.9. The fraction of sp³-hybridized carbons (Fsp3) is 0.400. The first kappa shape index (κ1) is 9.03. The van der Waals surface area contributed by atoms with Crippen molar-refractivity contribution < 1.29 is 5.11 Å². The molecular formula is C10H12BrNO. The van der Waals surface area contributed by atoms with Crippen molar-refractivity contribution in [3.8, 4) is 0 Å². The highest BCUT2D eigenvalue weighted by molar-refractivity contribution is 9.10. The SMILES string of the molecule is OC[C@H]1CCc2cccc(Br)c2N1. The maximum atomic E-state index is 9.03. The summed E-state index contributed by atoms with van der Waals surface area (Å²) in [6, 6.07) is 6.40. The Kier molecular flexibility index (Phi) is 2.56. The van der Waals surface area contributed by atoms with Crippen molar-refractivity contribution in [2.45, 2.75) is 18.9 Å². The van der Waals surface area contributed by atoms with E-state index in [1.165, 1.54) is 5.56 Å². The first-order valence-corrected chi connectivity index (χ1v) is 5.25. The first-order valence-electron chi connectivity index (χ1n) is 4.46. The van der Waals surface area contributed by atoms with Gasteiger partial charge in [-0.15, -0.1) is 0 Å². The highest BCUT2D eigenvalue weighted by Gasteiger charge is 2.17. The van der Waals surface area contributed by atoms with Crippen LogP contribution in [0.3, 0.4) is 0 Å². The lowest BCUT2D eigenvalue weighted by molar-refractivity contribution is 0.267. The Bertz CT molecular complexity index is 314. The molecule has 1 heterocycles. The van der Waals surface area contributed by atoms with Gasteiger partial charge in [-0.1, -0.05) is 12.1 Å². The van der Waals surface area contributed by atoms with E-state index in [0.29, 0.717) is 0 Å². The molecule has 3 heteroatoms. The molecule has 0 saturated carbocycles. The van der Waals surface area contributed by atoms with Gasteiger partial charge in [0.2, 0.25) is 0 Å². The quantitative estimate of drug-likeness (QED) is 0.790. The zero-order valence-corrected chi connectivity index (χ0v) is 8.84. The Morgan fingerprint density at radius 1 is 1.54 bits per heavy atom. The molecule has 1 aromatic rings. The van der Waals surface area contributed by atoms with Crippen LogP contribution in [0.2, 0.25) is 0 Å². The van der Waals surface area contributed by atoms with E-state index in [-0.39, 0.29) is 12.6 Å². The largest absolute Gasteiger partial charge is 0.394 e. The second-order valence-electron chi connectivity index (χ2n) is 3.34. The molecule has 0 fully saturated rings. The number of benzene rings is 1.